The highest BCUT2D eigenvalue weighted by molar-refractivity contribution is 6.00. The molecule has 0 aliphatic carbocycles. The molecule has 0 bridgehead atoms. The van der Waals surface area contributed by atoms with Gasteiger partial charge >= 0.3 is 11.9 Å². The van der Waals surface area contributed by atoms with Crippen molar-refractivity contribution >= 4 is 101 Å². The Bertz CT molecular complexity index is 3180. The normalized spacial score (nSPS) is 13.8. The van der Waals surface area contributed by atoms with Gasteiger partial charge in [-0.15, -0.1) is 0 Å². The topological polar surface area (TPSA) is 726 Å². The molecule has 2 rings (SSSR count). The van der Waals surface area contributed by atoms with Crippen LogP contribution in [0.25, 0.3) is 0 Å². The van der Waals surface area contributed by atoms with E-state index in [1.807, 2.05) is 16.0 Å². The van der Waals surface area contributed by atoms with Crippen LogP contribution in [0.2, 0.25) is 0 Å². The summed E-state index contributed by atoms with van der Waals surface area (Å²) in [5, 5.41) is 126. The largest absolute Gasteiger partial charge is 0.508 e. The molecule has 0 saturated carbocycles. The van der Waals surface area contributed by atoms with Crippen LogP contribution >= 0.6 is 0 Å². The number of primary amides is 1. The number of phenols is 2. The van der Waals surface area contributed by atoms with Gasteiger partial charge in [0.2, 0.25) is 82.7 Å². The number of carbonyl (C=O) groups excluding carboxylic acids is 14. The highest BCUT2D eigenvalue weighted by Crippen LogP contribution is 2.14. The average molecular weight is 1410 g/mol. The first kappa shape index (κ1) is 83.7. The molecule has 0 unspecified atom stereocenters. The fourth-order valence-electron chi connectivity index (χ4n) is 8.19. The second kappa shape index (κ2) is 43.6. The number of rotatable bonds is 45. The van der Waals surface area contributed by atoms with Crippen molar-refractivity contribution in [3.63, 3.8) is 0 Å². The van der Waals surface area contributed by atoms with Crippen LogP contribution in [0.4, 0.5) is 0 Å². The molecule has 0 fully saturated rings. The van der Waals surface area contributed by atoms with Crippen molar-refractivity contribution in [3.05, 3.63) is 59.7 Å². The molecule has 10 atom stereocenters. The van der Waals surface area contributed by atoms with Crippen molar-refractivity contribution in [2.45, 2.75) is 105 Å². The molecule has 14 amide bonds. The first-order valence-electron chi connectivity index (χ1n) is 29.7. The average Bonchev–Trinajstić information content (AvgIpc) is 0.882. The maximum Gasteiger partial charge on any atom is 0.326 e. The molecule has 2 aromatic rings. The first-order chi connectivity index (χ1) is 46.7. The number of nitrogens with two attached hydrogens (primary N) is 3. The van der Waals surface area contributed by atoms with Gasteiger partial charge in [-0.2, -0.15) is 0 Å². The summed E-state index contributed by atoms with van der Waals surface area (Å²) in [6, 6.07) is -7.34. The maximum absolute atomic E-state index is 13.9. The standard InChI is InChI=1S/C56H82N18O25/c57-30(11-12-40(58)82)46(89)71-35(21-75)47(90)64-17-41(83)62-19-43(85)66-32(14-26-3-7-28(80)8-4-26)50(93)74-38(24-78)53(96)69-33(16-45(87)88)51(94)68-31(2-1-13-61-56(59)60)49(92)73-39(25-79)54(97)72-36(22-76)48(91)65-18-42(84)63-20-44(86)67-37(23-77)52(95)70-34(55(98)99)15-27-5-9-29(81)10-6-27/h3-10,30-39,75-81H,1-2,11-25,57H2,(H2,58,82)(H,62,83)(H,63,84)(H,64,90)(H,65,91)(H,66,85)(H,67,86)(H,68,94)(H,69,96)(H,70,95)(H,71,89)(H,72,97)(H,73,92)(H,74,93)(H,87,88)(H,98,99)(H4,59,60,61)/t30-,31-,32-,33-,34-,35-,36-,37-,38-,39-/m0/s1. The number of carboxylic acids is 2. The zero-order chi connectivity index (χ0) is 74.5. The maximum atomic E-state index is 13.9. The number of aromatic hydroxyl groups is 2. The molecule has 0 saturated heterocycles. The molecule has 0 aromatic heterocycles. The van der Waals surface area contributed by atoms with Gasteiger partial charge < -0.3 is 138 Å². The summed E-state index contributed by atoms with van der Waals surface area (Å²) < 4.78 is 0. The molecule has 43 nitrogen and oxygen atoms in total. The third-order valence-corrected chi connectivity index (χ3v) is 13.5. The zero-order valence-corrected chi connectivity index (χ0v) is 52.7. The second-order valence-electron chi connectivity index (χ2n) is 21.3. The van der Waals surface area contributed by atoms with Gasteiger partial charge in [-0.1, -0.05) is 24.3 Å². The Morgan fingerprint density at radius 1 is 0.384 bits per heavy atom. The lowest BCUT2D eigenvalue weighted by atomic mass is 10.0. The van der Waals surface area contributed by atoms with Gasteiger partial charge in [-0.25, -0.2) is 4.79 Å². The smallest absolute Gasteiger partial charge is 0.326 e. The van der Waals surface area contributed by atoms with Crippen LogP contribution in [0.1, 0.15) is 43.2 Å². The number of guanidine groups is 1. The Hall–Kier alpha value is -11.4. The van der Waals surface area contributed by atoms with Crippen LogP contribution < -0.4 is 91.6 Å². The number of aliphatic hydroxyl groups is 5. The monoisotopic (exact) mass is 1410 g/mol. The lowest BCUT2D eigenvalue weighted by Gasteiger charge is -2.26. The van der Waals surface area contributed by atoms with Crippen LogP contribution in [0.15, 0.2) is 48.5 Å². The van der Waals surface area contributed by atoms with E-state index in [0.29, 0.717) is 5.56 Å². The minimum atomic E-state index is -2.15. The number of aliphatic hydroxyl groups excluding tert-OH is 5. The van der Waals surface area contributed by atoms with E-state index in [2.05, 4.69) is 58.5 Å². The van der Waals surface area contributed by atoms with E-state index in [1.165, 1.54) is 48.5 Å². The van der Waals surface area contributed by atoms with Gasteiger partial charge in [0, 0.05) is 25.8 Å². The number of hydrogen-bond acceptors (Lipinski definition) is 25. The van der Waals surface area contributed by atoms with Crippen molar-refractivity contribution in [1.29, 1.82) is 5.41 Å². The number of amides is 14. The SMILES string of the molecule is N=C(N)NCCC[C@H](NC(=O)[C@H](CC(=O)O)NC(=O)[C@H](CO)NC(=O)[C@H](Cc1ccc(O)cc1)NC(=O)CNC(=O)CNC(=O)[C@H](CO)NC(=O)[C@@H](N)CCC(N)=O)C(=O)N[C@@H](CO)C(=O)N[C@@H](CO)C(=O)NCC(=O)NCC(=O)N[C@@H](CO)C(=O)N[C@@H](Cc1ccc(O)cc1)C(=O)O. The van der Waals surface area contributed by atoms with Gasteiger partial charge in [-0.3, -0.25) is 77.3 Å². The van der Waals surface area contributed by atoms with E-state index in [4.69, 9.17) is 22.6 Å². The number of phenolic OH excluding ortho intramolecular Hbond substituents is 2. The van der Waals surface area contributed by atoms with Crippen molar-refractivity contribution < 1.29 is 123 Å². The van der Waals surface area contributed by atoms with E-state index >= 15 is 0 Å². The minimum Gasteiger partial charge on any atom is -0.508 e. The van der Waals surface area contributed by atoms with Crippen LogP contribution in [0.5, 0.6) is 11.5 Å². The molecular formula is C56H82N18O25. The van der Waals surface area contributed by atoms with Gasteiger partial charge in [0.1, 0.15) is 65.9 Å². The van der Waals surface area contributed by atoms with E-state index in [9.17, 15) is 123 Å². The Balaban J connectivity index is 2.15. The van der Waals surface area contributed by atoms with Crippen LogP contribution in [0.3, 0.4) is 0 Å². The Morgan fingerprint density at radius 3 is 1.12 bits per heavy atom. The van der Waals surface area contributed by atoms with Crippen LogP contribution in [0, 0.1) is 5.41 Å². The molecule has 546 valence electrons. The fraction of sp³-hybridized carbons (Fsp3) is 0.482. The number of aliphatic carboxylic acids is 2. The zero-order valence-electron chi connectivity index (χ0n) is 52.7. The van der Waals surface area contributed by atoms with Gasteiger partial charge in [0.05, 0.1) is 71.7 Å². The van der Waals surface area contributed by atoms with Crippen LogP contribution in [-0.2, 0) is 89.6 Å². The predicted octanol–water partition coefficient (Wildman–Crippen LogP) is -13.9. The van der Waals surface area contributed by atoms with Gasteiger partial charge in [-0.05, 0) is 54.7 Å². The number of carbonyl (C=O) groups is 16. The fourth-order valence-corrected chi connectivity index (χ4v) is 8.19. The van der Waals surface area contributed by atoms with Crippen molar-refractivity contribution in [2.75, 3.05) is 65.8 Å². The third-order valence-electron chi connectivity index (χ3n) is 13.5. The number of hydrogen-bond donors (Lipinski definition) is 27. The Kier molecular flexibility index (Phi) is 36.9. The molecule has 0 radical (unpaired) electrons. The molecule has 0 spiro atoms. The molecule has 99 heavy (non-hydrogen) atoms. The lowest BCUT2D eigenvalue weighted by molar-refractivity contribution is -0.142. The van der Waals surface area contributed by atoms with E-state index in [0.717, 1.165) is 0 Å². The van der Waals surface area contributed by atoms with Crippen LogP contribution in [-0.4, -0.2) is 273 Å². The Morgan fingerprint density at radius 2 is 0.717 bits per heavy atom. The number of nitrogens with one attached hydrogen (secondary N) is 15. The van der Waals surface area contributed by atoms with Gasteiger partial charge in [0.25, 0.3) is 0 Å². The minimum absolute atomic E-state index is 0.105. The summed E-state index contributed by atoms with van der Waals surface area (Å²) in [6.45, 7) is -9.32. The molecule has 0 heterocycles. The molecular weight excluding hydrogens is 1320 g/mol. The number of benzene rings is 2. The highest BCUT2D eigenvalue weighted by Gasteiger charge is 2.35. The first-order valence-corrected chi connectivity index (χ1v) is 29.7. The molecule has 30 N–H and O–H groups in total. The summed E-state index contributed by atoms with van der Waals surface area (Å²) in [5.74, 6) is -20.2. The molecule has 0 aliphatic rings. The van der Waals surface area contributed by atoms with E-state index in [-0.39, 0.29) is 49.3 Å². The second-order valence-corrected chi connectivity index (χ2v) is 21.3. The van der Waals surface area contributed by atoms with E-state index in [1.54, 1.807) is 0 Å². The van der Waals surface area contributed by atoms with Gasteiger partial charge in [0.15, 0.2) is 5.96 Å². The quantitative estimate of drug-likeness (QED) is 0.0166. The highest BCUT2D eigenvalue weighted by atomic mass is 16.4. The van der Waals surface area contributed by atoms with Crippen molar-refractivity contribution in [2.24, 2.45) is 17.2 Å². The molecule has 43 heteroatoms. The summed E-state index contributed by atoms with van der Waals surface area (Å²) in [4.78, 5) is 205. The third kappa shape index (κ3) is 32.3. The summed E-state index contributed by atoms with van der Waals surface area (Å²) in [6.07, 6.45) is -2.92. The van der Waals surface area contributed by atoms with Crippen molar-refractivity contribution in [3.8, 4) is 11.5 Å². The number of carboxylic acid groups (broad SMARTS) is 2. The summed E-state index contributed by atoms with van der Waals surface area (Å²) in [5.41, 5.74) is 16.7. The summed E-state index contributed by atoms with van der Waals surface area (Å²) in [7, 11) is 0. The molecule has 0 aliphatic heterocycles. The Labute approximate surface area is 561 Å². The van der Waals surface area contributed by atoms with Crippen molar-refractivity contribution in [1.82, 2.24) is 74.4 Å². The lowest BCUT2D eigenvalue weighted by Crippen LogP contribution is -2.61. The predicted molar refractivity (Wildman–Crippen MR) is 334 cm³/mol. The van der Waals surface area contributed by atoms with E-state index < -0.39 is 239 Å². The molecule has 2 aromatic carbocycles. The summed E-state index contributed by atoms with van der Waals surface area (Å²) >= 11 is 0.